The fourth-order valence-corrected chi connectivity index (χ4v) is 2.90. The van der Waals surface area contributed by atoms with E-state index in [1.165, 1.54) is 0 Å². The molecule has 0 radical (unpaired) electrons. The van der Waals surface area contributed by atoms with Gasteiger partial charge in [-0.1, -0.05) is 24.3 Å². The monoisotopic (exact) mass is 384 g/mol. The van der Waals surface area contributed by atoms with Crippen LogP contribution in [-0.2, 0) is 9.59 Å². The number of amides is 2. The smallest absolute Gasteiger partial charge is 0.309 e. The first-order valence-electron chi connectivity index (χ1n) is 9.02. The number of benzene rings is 2. The van der Waals surface area contributed by atoms with E-state index in [4.69, 9.17) is 18.9 Å². The first kappa shape index (κ1) is 18.0. The number of para-hydroxylation sites is 4. The van der Waals surface area contributed by atoms with E-state index in [0.717, 1.165) is 0 Å². The summed E-state index contributed by atoms with van der Waals surface area (Å²) in [5, 5.41) is 5.12. The summed E-state index contributed by atoms with van der Waals surface area (Å²) in [7, 11) is 0. The third-order valence-electron chi connectivity index (χ3n) is 4.32. The maximum atomic E-state index is 12.0. The number of ether oxygens (including phenoxy) is 4. The Morgan fingerprint density at radius 3 is 1.54 bits per heavy atom. The minimum absolute atomic E-state index is 0.164. The maximum absolute atomic E-state index is 12.0. The Hall–Kier alpha value is -3.42. The summed E-state index contributed by atoms with van der Waals surface area (Å²) in [5.74, 6) is 1.09. The average Bonchev–Trinajstić information content (AvgIpc) is 2.75. The zero-order valence-corrected chi connectivity index (χ0v) is 15.1. The van der Waals surface area contributed by atoms with Crippen molar-refractivity contribution in [1.82, 2.24) is 10.6 Å². The van der Waals surface area contributed by atoms with Crippen molar-refractivity contribution in [3.63, 3.8) is 0 Å². The van der Waals surface area contributed by atoms with Crippen LogP contribution in [-0.4, -0.2) is 50.3 Å². The number of nitrogens with one attached hydrogen (secondary N) is 2. The van der Waals surface area contributed by atoms with Crippen LogP contribution in [0, 0.1) is 0 Å². The average molecular weight is 384 g/mol. The molecule has 2 amide bonds. The predicted octanol–water partition coefficient (Wildman–Crippen LogP) is 0.899. The minimum atomic E-state index is -0.736. The van der Waals surface area contributed by atoms with Gasteiger partial charge in [-0.25, -0.2) is 0 Å². The Morgan fingerprint density at radius 2 is 1.11 bits per heavy atom. The fourth-order valence-electron chi connectivity index (χ4n) is 2.90. The Kier molecular flexibility index (Phi) is 5.18. The summed E-state index contributed by atoms with van der Waals surface area (Å²) < 4.78 is 22.6. The highest BCUT2D eigenvalue weighted by atomic mass is 16.6. The molecule has 2 N–H and O–H groups in total. The molecule has 0 fully saturated rings. The maximum Gasteiger partial charge on any atom is 0.309 e. The fraction of sp³-hybridized carbons (Fsp3) is 0.300. The summed E-state index contributed by atoms with van der Waals surface area (Å²) in [4.78, 5) is 24.0. The van der Waals surface area contributed by atoms with Gasteiger partial charge in [0.1, 0.15) is 25.4 Å². The number of rotatable bonds is 4. The second-order valence-corrected chi connectivity index (χ2v) is 6.42. The summed E-state index contributed by atoms with van der Waals surface area (Å²) >= 11 is 0. The summed E-state index contributed by atoms with van der Waals surface area (Å²) in [5.41, 5.74) is 0. The van der Waals surface area contributed by atoms with E-state index in [-0.39, 0.29) is 25.3 Å². The molecule has 4 rings (SSSR count). The van der Waals surface area contributed by atoms with Crippen LogP contribution in [0.2, 0.25) is 0 Å². The van der Waals surface area contributed by atoms with Gasteiger partial charge in [-0.15, -0.1) is 0 Å². The van der Waals surface area contributed by atoms with Crippen molar-refractivity contribution in [3.8, 4) is 23.0 Å². The van der Waals surface area contributed by atoms with Crippen molar-refractivity contribution >= 4 is 11.8 Å². The molecular weight excluding hydrogens is 364 g/mol. The molecule has 2 aromatic carbocycles. The molecule has 2 aromatic rings. The summed E-state index contributed by atoms with van der Waals surface area (Å²) in [6.07, 6.45) is -0.726. The predicted molar refractivity (Wildman–Crippen MR) is 98.7 cm³/mol. The van der Waals surface area contributed by atoms with E-state index in [9.17, 15) is 9.59 Å². The quantitative estimate of drug-likeness (QED) is 0.761. The topological polar surface area (TPSA) is 95.1 Å². The molecule has 8 nitrogen and oxygen atoms in total. The molecule has 0 saturated heterocycles. The lowest BCUT2D eigenvalue weighted by atomic mass is 10.2. The van der Waals surface area contributed by atoms with Gasteiger partial charge in [0.2, 0.25) is 0 Å². The zero-order chi connectivity index (χ0) is 19.3. The molecule has 0 aliphatic carbocycles. The van der Waals surface area contributed by atoms with Crippen molar-refractivity contribution in [2.24, 2.45) is 0 Å². The number of fused-ring (bicyclic) bond motifs is 2. The van der Waals surface area contributed by atoms with E-state index < -0.39 is 11.8 Å². The third kappa shape index (κ3) is 4.11. The SMILES string of the molecule is O=C(NC[C@H]1COc2ccccc2O1)C(=O)NC[C@H]1COc2ccccc2O1. The van der Waals surface area contributed by atoms with Crippen molar-refractivity contribution < 1.29 is 28.5 Å². The van der Waals surface area contributed by atoms with Crippen molar-refractivity contribution in [3.05, 3.63) is 48.5 Å². The van der Waals surface area contributed by atoms with Gasteiger partial charge in [0, 0.05) is 0 Å². The standard InChI is InChI=1S/C20H20N2O6/c23-19(21-9-13-11-25-15-5-1-3-7-17(15)27-13)20(24)22-10-14-12-26-16-6-2-4-8-18(16)28-14/h1-8,13-14H,9-12H2,(H,21,23)(H,22,24)/t13-,14-/m0/s1. The van der Waals surface area contributed by atoms with Gasteiger partial charge in [-0.2, -0.15) is 0 Å². The van der Waals surface area contributed by atoms with Crippen LogP contribution in [0.3, 0.4) is 0 Å². The van der Waals surface area contributed by atoms with E-state index in [2.05, 4.69) is 10.6 Å². The molecule has 2 aliphatic heterocycles. The van der Waals surface area contributed by atoms with Gasteiger partial charge in [0.25, 0.3) is 0 Å². The highest BCUT2D eigenvalue weighted by Crippen LogP contribution is 2.31. The molecule has 0 aromatic heterocycles. The van der Waals surface area contributed by atoms with Gasteiger partial charge < -0.3 is 29.6 Å². The number of hydrogen-bond acceptors (Lipinski definition) is 6. The van der Waals surface area contributed by atoms with E-state index in [1.54, 1.807) is 12.1 Å². The molecule has 0 unspecified atom stereocenters. The second-order valence-electron chi connectivity index (χ2n) is 6.42. The largest absolute Gasteiger partial charge is 0.486 e. The third-order valence-corrected chi connectivity index (χ3v) is 4.32. The van der Waals surface area contributed by atoms with Gasteiger partial charge in [0.15, 0.2) is 23.0 Å². The summed E-state index contributed by atoms with van der Waals surface area (Å²) in [6.45, 7) is 0.922. The van der Waals surface area contributed by atoms with E-state index in [1.807, 2.05) is 36.4 Å². The molecule has 8 heteroatoms. The first-order chi connectivity index (χ1) is 13.7. The lowest BCUT2D eigenvalue weighted by molar-refractivity contribution is -0.139. The Bertz CT molecular complexity index is 800. The molecule has 2 aliphatic rings. The molecule has 0 spiro atoms. The van der Waals surface area contributed by atoms with Gasteiger partial charge >= 0.3 is 11.8 Å². The van der Waals surface area contributed by atoms with Gasteiger partial charge in [0.05, 0.1) is 13.1 Å². The van der Waals surface area contributed by atoms with Crippen molar-refractivity contribution in [1.29, 1.82) is 0 Å². The van der Waals surface area contributed by atoms with Crippen LogP contribution in [0.4, 0.5) is 0 Å². The number of carbonyl (C=O) groups is 2. The van der Waals surface area contributed by atoms with E-state index in [0.29, 0.717) is 36.2 Å². The molecule has 146 valence electrons. The molecule has 0 bridgehead atoms. The van der Waals surface area contributed by atoms with E-state index >= 15 is 0 Å². The lowest BCUT2D eigenvalue weighted by Crippen LogP contribution is -2.48. The van der Waals surface area contributed by atoms with Crippen molar-refractivity contribution in [2.45, 2.75) is 12.2 Å². The molecule has 2 heterocycles. The van der Waals surface area contributed by atoms with Gasteiger partial charge in [-0.3, -0.25) is 9.59 Å². The van der Waals surface area contributed by atoms with Crippen LogP contribution in [0.25, 0.3) is 0 Å². The van der Waals surface area contributed by atoms with Crippen LogP contribution < -0.4 is 29.6 Å². The Morgan fingerprint density at radius 1 is 0.714 bits per heavy atom. The highest BCUT2D eigenvalue weighted by Gasteiger charge is 2.24. The zero-order valence-electron chi connectivity index (χ0n) is 15.1. The molecule has 0 saturated carbocycles. The first-order valence-corrected chi connectivity index (χ1v) is 9.02. The van der Waals surface area contributed by atoms with Crippen molar-refractivity contribution in [2.75, 3.05) is 26.3 Å². The van der Waals surface area contributed by atoms with Gasteiger partial charge in [-0.05, 0) is 24.3 Å². The normalized spacial score (nSPS) is 19.4. The minimum Gasteiger partial charge on any atom is -0.486 e. The summed E-state index contributed by atoms with van der Waals surface area (Å²) in [6, 6.07) is 14.6. The molecular formula is C20H20N2O6. The molecule has 2 atom stereocenters. The van der Waals surface area contributed by atoms with Crippen LogP contribution >= 0.6 is 0 Å². The highest BCUT2D eigenvalue weighted by molar-refractivity contribution is 6.35. The second kappa shape index (κ2) is 8.08. The molecule has 28 heavy (non-hydrogen) atoms. The van der Waals surface area contributed by atoms with Crippen LogP contribution in [0.1, 0.15) is 0 Å². The van der Waals surface area contributed by atoms with Crippen LogP contribution in [0.15, 0.2) is 48.5 Å². The number of hydrogen-bond donors (Lipinski definition) is 2. The lowest BCUT2D eigenvalue weighted by Gasteiger charge is -2.27. The van der Waals surface area contributed by atoms with Crippen LogP contribution in [0.5, 0.6) is 23.0 Å². The Balaban J connectivity index is 1.20. The Labute approximate surface area is 161 Å². The number of carbonyl (C=O) groups excluding carboxylic acids is 2.